The summed E-state index contributed by atoms with van der Waals surface area (Å²) in [5.41, 5.74) is 1.39. The van der Waals surface area contributed by atoms with E-state index in [9.17, 15) is 9.59 Å². The van der Waals surface area contributed by atoms with E-state index in [-0.39, 0.29) is 24.3 Å². The van der Waals surface area contributed by atoms with Crippen LogP contribution in [0.2, 0.25) is 0 Å². The van der Waals surface area contributed by atoms with Gasteiger partial charge in [0.15, 0.2) is 0 Å². The highest BCUT2D eigenvalue weighted by Gasteiger charge is 2.26. The number of amides is 2. The number of rotatable bonds is 11. The molecule has 0 N–H and O–H groups in total. The molecule has 3 aromatic rings. The first kappa shape index (κ1) is 24.9. The molecule has 0 bridgehead atoms. The zero-order valence-corrected chi connectivity index (χ0v) is 20.2. The van der Waals surface area contributed by atoms with E-state index in [0.29, 0.717) is 42.5 Å². The summed E-state index contributed by atoms with van der Waals surface area (Å²) < 4.78 is 16.2. The van der Waals surface area contributed by atoms with Crippen LogP contribution in [0.5, 0.6) is 11.5 Å². The third-order valence-corrected chi connectivity index (χ3v) is 5.33. The molecule has 0 spiro atoms. The maximum absolute atomic E-state index is 13.5. The minimum Gasteiger partial charge on any atom is -0.497 e. The van der Waals surface area contributed by atoms with Crippen molar-refractivity contribution in [2.75, 3.05) is 27.3 Å². The molecule has 2 aromatic carbocycles. The fraction of sp³-hybridized carbons (Fsp3) is 0.333. The largest absolute Gasteiger partial charge is 0.497 e. The smallest absolute Gasteiger partial charge is 0.258 e. The second-order valence-corrected chi connectivity index (χ2v) is 8.46. The Morgan fingerprint density at radius 3 is 2.29 bits per heavy atom. The van der Waals surface area contributed by atoms with Gasteiger partial charge in [0, 0.05) is 19.2 Å². The summed E-state index contributed by atoms with van der Waals surface area (Å²) >= 11 is 0. The first-order valence-corrected chi connectivity index (χ1v) is 11.3. The molecule has 0 fully saturated rings. The molecular weight excluding hydrogens is 432 g/mol. The van der Waals surface area contributed by atoms with Gasteiger partial charge >= 0.3 is 0 Å². The zero-order chi connectivity index (χ0) is 24.5. The van der Waals surface area contributed by atoms with Gasteiger partial charge in [-0.3, -0.25) is 9.59 Å². The van der Waals surface area contributed by atoms with Crippen LogP contribution in [0.25, 0.3) is 0 Å². The van der Waals surface area contributed by atoms with Crippen LogP contribution in [0.3, 0.4) is 0 Å². The standard InChI is InChI=1S/C27H32N2O5/c1-20(2)16-29(27(31)24-13-12-22(32-3)15-25(24)33-4)19-26(30)28(18-23-11-8-14-34-23)17-21-9-6-5-7-10-21/h5-15,20H,16-19H2,1-4H3. The van der Waals surface area contributed by atoms with Gasteiger partial charge in [-0.15, -0.1) is 0 Å². The molecule has 0 atom stereocenters. The lowest BCUT2D eigenvalue weighted by Crippen LogP contribution is -2.44. The van der Waals surface area contributed by atoms with E-state index >= 15 is 0 Å². The molecule has 0 aliphatic rings. The van der Waals surface area contributed by atoms with Gasteiger partial charge in [-0.25, -0.2) is 0 Å². The van der Waals surface area contributed by atoms with Crippen LogP contribution in [0.4, 0.5) is 0 Å². The van der Waals surface area contributed by atoms with Crippen LogP contribution in [0.1, 0.15) is 35.5 Å². The highest BCUT2D eigenvalue weighted by Crippen LogP contribution is 2.26. The molecule has 7 heteroatoms. The summed E-state index contributed by atoms with van der Waals surface area (Å²) in [6, 6.07) is 18.4. The Hall–Kier alpha value is -3.74. The minimum absolute atomic E-state index is 0.0558. The highest BCUT2D eigenvalue weighted by atomic mass is 16.5. The minimum atomic E-state index is -0.265. The van der Waals surface area contributed by atoms with E-state index < -0.39 is 0 Å². The molecule has 1 aromatic heterocycles. The van der Waals surface area contributed by atoms with Crippen LogP contribution < -0.4 is 9.47 Å². The second kappa shape index (κ2) is 11.9. The predicted molar refractivity (Wildman–Crippen MR) is 130 cm³/mol. The third-order valence-electron chi connectivity index (χ3n) is 5.33. The molecule has 1 heterocycles. The van der Waals surface area contributed by atoms with Crippen molar-refractivity contribution in [1.82, 2.24) is 9.80 Å². The Balaban J connectivity index is 1.85. The first-order chi connectivity index (χ1) is 16.4. The average molecular weight is 465 g/mol. The van der Waals surface area contributed by atoms with E-state index in [4.69, 9.17) is 13.9 Å². The number of carbonyl (C=O) groups is 2. The van der Waals surface area contributed by atoms with E-state index in [1.165, 1.54) is 7.11 Å². The molecule has 0 radical (unpaired) electrons. The van der Waals surface area contributed by atoms with E-state index in [1.807, 2.05) is 50.2 Å². The molecule has 0 saturated carbocycles. The molecular formula is C27H32N2O5. The van der Waals surface area contributed by atoms with Crippen molar-refractivity contribution in [2.45, 2.75) is 26.9 Å². The fourth-order valence-electron chi connectivity index (χ4n) is 3.70. The van der Waals surface area contributed by atoms with Crippen LogP contribution in [-0.2, 0) is 17.9 Å². The Morgan fingerprint density at radius 2 is 1.68 bits per heavy atom. The SMILES string of the molecule is COc1ccc(C(=O)N(CC(=O)N(Cc2ccccc2)Cc2ccco2)CC(C)C)c(OC)c1. The predicted octanol–water partition coefficient (Wildman–Crippen LogP) is 4.62. The van der Waals surface area contributed by atoms with Crippen LogP contribution in [0.15, 0.2) is 71.3 Å². The van der Waals surface area contributed by atoms with Gasteiger partial charge in [-0.05, 0) is 35.7 Å². The quantitative estimate of drug-likeness (QED) is 0.414. The number of hydrogen-bond acceptors (Lipinski definition) is 5. The van der Waals surface area contributed by atoms with Crippen molar-refractivity contribution in [2.24, 2.45) is 5.92 Å². The molecule has 34 heavy (non-hydrogen) atoms. The summed E-state index contributed by atoms with van der Waals surface area (Å²) in [6.45, 7) is 5.13. The zero-order valence-electron chi connectivity index (χ0n) is 20.2. The number of methoxy groups -OCH3 is 2. The van der Waals surface area contributed by atoms with Gasteiger partial charge in [0.2, 0.25) is 5.91 Å². The second-order valence-electron chi connectivity index (χ2n) is 8.46. The topological polar surface area (TPSA) is 72.2 Å². The normalized spacial score (nSPS) is 10.7. The van der Waals surface area contributed by atoms with Gasteiger partial charge in [0.25, 0.3) is 5.91 Å². The summed E-state index contributed by atoms with van der Waals surface area (Å²) in [6.07, 6.45) is 1.59. The molecule has 0 aliphatic carbocycles. The van der Waals surface area contributed by atoms with Gasteiger partial charge < -0.3 is 23.7 Å². The lowest BCUT2D eigenvalue weighted by atomic mass is 10.1. The highest BCUT2D eigenvalue weighted by molar-refractivity contribution is 5.99. The summed E-state index contributed by atoms with van der Waals surface area (Å²) in [5.74, 6) is 1.42. The molecule has 180 valence electrons. The lowest BCUT2D eigenvalue weighted by Gasteiger charge is -2.29. The molecule has 3 rings (SSSR count). The van der Waals surface area contributed by atoms with Gasteiger partial charge in [0.1, 0.15) is 23.8 Å². The Kier molecular flexibility index (Phi) is 8.73. The molecule has 2 amide bonds. The van der Waals surface area contributed by atoms with Crippen LogP contribution in [-0.4, -0.2) is 48.9 Å². The summed E-state index contributed by atoms with van der Waals surface area (Å²) in [7, 11) is 3.06. The van der Waals surface area contributed by atoms with E-state index in [1.54, 1.807) is 47.4 Å². The number of furan rings is 1. The van der Waals surface area contributed by atoms with Gasteiger partial charge in [-0.1, -0.05) is 44.2 Å². The Labute approximate surface area is 200 Å². The lowest BCUT2D eigenvalue weighted by molar-refractivity contribution is -0.133. The van der Waals surface area contributed by atoms with Crippen molar-refractivity contribution in [1.29, 1.82) is 0 Å². The number of hydrogen-bond donors (Lipinski definition) is 0. The summed E-state index contributed by atoms with van der Waals surface area (Å²) in [4.78, 5) is 30.3. The van der Waals surface area contributed by atoms with Crippen LogP contribution in [0, 0.1) is 5.92 Å². The Morgan fingerprint density at radius 1 is 0.912 bits per heavy atom. The van der Waals surface area contributed by atoms with Crippen molar-refractivity contribution in [3.05, 3.63) is 83.8 Å². The summed E-state index contributed by atoms with van der Waals surface area (Å²) in [5, 5.41) is 0. The monoisotopic (exact) mass is 464 g/mol. The first-order valence-electron chi connectivity index (χ1n) is 11.3. The van der Waals surface area contributed by atoms with Crippen molar-refractivity contribution >= 4 is 11.8 Å². The fourth-order valence-corrected chi connectivity index (χ4v) is 3.70. The number of ether oxygens (including phenoxy) is 2. The van der Waals surface area contributed by atoms with Gasteiger partial charge in [-0.2, -0.15) is 0 Å². The maximum atomic E-state index is 13.5. The average Bonchev–Trinajstić information content (AvgIpc) is 3.36. The molecule has 0 aliphatic heterocycles. The van der Waals surface area contributed by atoms with Gasteiger partial charge in [0.05, 0.1) is 32.6 Å². The van der Waals surface area contributed by atoms with Crippen molar-refractivity contribution in [3.63, 3.8) is 0 Å². The van der Waals surface area contributed by atoms with E-state index in [0.717, 1.165) is 5.56 Å². The van der Waals surface area contributed by atoms with Crippen molar-refractivity contribution < 1.29 is 23.5 Å². The Bertz CT molecular complexity index is 1060. The molecule has 7 nitrogen and oxygen atoms in total. The molecule has 0 saturated heterocycles. The number of nitrogens with zero attached hydrogens (tertiary/aromatic N) is 2. The number of carbonyl (C=O) groups excluding carboxylic acids is 2. The maximum Gasteiger partial charge on any atom is 0.258 e. The van der Waals surface area contributed by atoms with Crippen molar-refractivity contribution in [3.8, 4) is 11.5 Å². The van der Waals surface area contributed by atoms with Crippen LogP contribution >= 0.6 is 0 Å². The molecule has 0 unspecified atom stereocenters. The van der Waals surface area contributed by atoms with E-state index in [2.05, 4.69) is 0 Å². The third kappa shape index (κ3) is 6.63. The number of benzene rings is 2.